The van der Waals surface area contributed by atoms with Crippen LogP contribution >= 0.6 is 0 Å². The van der Waals surface area contributed by atoms with E-state index in [1.807, 2.05) is 6.07 Å². The van der Waals surface area contributed by atoms with E-state index in [9.17, 15) is 9.59 Å². The maximum absolute atomic E-state index is 11.7. The Bertz CT molecular complexity index is 658. The lowest BCUT2D eigenvalue weighted by Gasteiger charge is -2.16. The third-order valence-electron chi connectivity index (χ3n) is 2.81. The predicted molar refractivity (Wildman–Crippen MR) is 60.5 cm³/mol. The molecule has 4 heteroatoms. The van der Waals surface area contributed by atoms with Gasteiger partial charge in [-0.15, -0.1) is 0 Å². The summed E-state index contributed by atoms with van der Waals surface area (Å²) >= 11 is 0. The van der Waals surface area contributed by atoms with Crippen LogP contribution in [-0.4, -0.2) is 18.9 Å². The van der Waals surface area contributed by atoms with Crippen molar-refractivity contribution < 1.29 is 19.1 Å². The molecule has 0 amide bonds. The molecule has 1 aliphatic heterocycles. The first-order valence-electron chi connectivity index (χ1n) is 5.08. The Morgan fingerprint density at radius 3 is 2.71 bits per heavy atom. The lowest BCUT2D eigenvalue weighted by atomic mass is 9.98. The second kappa shape index (κ2) is 3.31. The maximum Gasteiger partial charge on any atom is 0.385 e. The van der Waals surface area contributed by atoms with Gasteiger partial charge in [0, 0.05) is 16.3 Å². The van der Waals surface area contributed by atoms with E-state index in [0.29, 0.717) is 22.4 Å². The van der Waals surface area contributed by atoms with Gasteiger partial charge in [-0.05, 0) is 18.2 Å². The van der Waals surface area contributed by atoms with Gasteiger partial charge in [-0.25, -0.2) is 4.79 Å². The van der Waals surface area contributed by atoms with Crippen molar-refractivity contribution >= 4 is 22.5 Å². The number of hydrogen-bond acceptors (Lipinski definition) is 4. The van der Waals surface area contributed by atoms with Gasteiger partial charge in [0.1, 0.15) is 11.5 Å². The Labute approximate surface area is 96.8 Å². The minimum absolute atomic E-state index is 0.368. The van der Waals surface area contributed by atoms with E-state index >= 15 is 0 Å². The zero-order valence-electron chi connectivity index (χ0n) is 9.02. The number of rotatable bonds is 1. The first-order chi connectivity index (χ1) is 8.22. The lowest BCUT2D eigenvalue weighted by Crippen LogP contribution is -2.24. The molecule has 0 aromatic heterocycles. The molecule has 1 aliphatic rings. The minimum Gasteiger partial charge on any atom is -0.496 e. The van der Waals surface area contributed by atoms with Crippen LogP contribution < -0.4 is 9.47 Å². The molecule has 3 rings (SSSR count). The largest absolute Gasteiger partial charge is 0.496 e. The third kappa shape index (κ3) is 1.24. The fourth-order valence-electron chi connectivity index (χ4n) is 2.05. The molecule has 0 radical (unpaired) electrons. The van der Waals surface area contributed by atoms with Crippen LogP contribution in [0.3, 0.4) is 0 Å². The van der Waals surface area contributed by atoms with Gasteiger partial charge in [-0.2, -0.15) is 0 Å². The number of carbonyl (C=O) groups excluding carboxylic acids is 2. The van der Waals surface area contributed by atoms with Crippen LogP contribution in [0.2, 0.25) is 0 Å². The highest BCUT2D eigenvalue weighted by Crippen LogP contribution is 2.37. The molecule has 0 unspecified atom stereocenters. The summed E-state index contributed by atoms with van der Waals surface area (Å²) in [5, 5.41) is 1.40. The van der Waals surface area contributed by atoms with Gasteiger partial charge < -0.3 is 9.47 Å². The summed E-state index contributed by atoms with van der Waals surface area (Å²) in [5.41, 5.74) is 0.368. The molecule has 0 spiro atoms. The normalized spacial score (nSPS) is 13.7. The molecule has 17 heavy (non-hydrogen) atoms. The molecule has 0 aliphatic carbocycles. The second-order valence-corrected chi connectivity index (χ2v) is 3.71. The molecule has 0 N–H and O–H groups in total. The number of benzene rings is 2. The summed E-state index contributed by atoms with van der Waals surface area (Å²) in [6.07, 6.45) is 0. The van der Waals surface area contributed by atoms with Crippen LogP contribution in [0.1, 0.15) is 10.4 Å². The van der Waals surface area contributed by atoms with E-state index in [0.717, 1.165) is 5.39 Å². The first kappa shape index (κ1) is 9.84. The smallest absolute Gasteiger partial charge is 0.385 e. The lowest BCUT2D eigenvalue weighted by molar-refractivity contribution is -0.129. The fourth-order valence-corrected chi connectivity index (χ4v) is 2.05. The number of Topliss-reactive ketones (excluding diaryl/α,β-unsaturated/α-hetero) is 1. The highest BCUT2D eigenvalue weighted by Gasteiger charge is 2.29. The zero-order chi connectivity index (χ0) is 12.0. The summed E-state index contributed by atoms with van der Waals surface area (Å²) in [5.74, 6) is -0.399. The quantitative estimate of drug-likeness (QED) is 0.425. The van der Waals surface area contributed by atoms with Crippen LogP contribution in [0.25, 0.3) is 10.8 Å². The van der Waals surface area contributed by atoms with Gasteiger partial charge in [-0.3, -0.25) is 4.79 Å². The minimum atomic E-state index is -0.838. The molecule has 2 aromatic carbocycles. The van der Waals surface area contributed by atoms with E-state index in [1.165, 1.54) is 0 Å². The molecule has 2 aromatic rings. The highest BCUT2D eigenvalue weighted by molar-refractivity contribution is 6.45. The first-order valence-corrected chi connectivity index (χ1v) is 5.08. The van der Waals surface area contributed by atoms with Crippen molar-refractivity contribution in [3.63, 3.8) is 0 Å². The Balaban J connectivity index is 2.47. The van der Waals surface area contributed by atoms with E-state index in [4.69, 9.17) is 9.47 Å². The number of hydrogen-bond donors (Lipinski definition) is 0. The van der Waals surface area contributed by atoms with Gasteiger partial charge in [0.15, 0.2) is 0 Å². The average molecular weight is 228 g/mol. The molecule has 4 nitrogen and oxygen atoms in total. The van der Waals surface area contributed by atoms with Gasteiger partial charge in [0.2, 0.25) is 0 Å². The third-order valence-corrected chi connectivity index (χ3v) is 2.81. The Morgan fingerprint density at radius 2 is 1.94 bits per heavy atom. The Hall–Kier alpha value is -2.36. The molecule has 0 saturated carbocycles. The SMILES string of the molecule is COc1ccc2c3c(cccc13)OC(=O)C2=O. The van der Waals surface area contributed by atoms with Crippen LogP contribution in [0.15, 0.2) is 30.3 Å². The van der Waals surface area contributed by atoms with E-state index in [2.05, 4.69) is 0 Å². The number of esters is 1. The van der Waals surface area contributed by atoms with Crippen LogP contribution in [0.4, 0.5) is 0 Å². The van der Waals surface area contributed by atoms with Crippen molar-refractivity contribution in [1.29, 1.82) is 0 Å². The molecule has 84 valence electrons. The van der Waals surface area contributed by atoms with Crippen LogP contribution in [0.5, 0.6) is 11.5 Å². The summed E-state index contributed by atoms with van der Waals surface area (Å²) in [6, 6.07) is 8.52. The van der Waals surface area contributed by atoms with Gasteiger partial charge in [-0.1, -0.05) is 12.1 Å². The predicted octanol–water partition coefficient (Wildman–Crippen LogP) is 1.95. The highest BCUT2D eigenvalue weighted by atomic mass is 16.5. The number of carbonyl (C=O) groups is 2. The summed E-state index contributed by atoms with van der Waals surface area (Å²) in [7, 11) is 1.56. The van der Waals surface area contributed by atoms with E-state index in [-0.39, 0.29) is 0 Å². The van der Waals surface area contributed by atoms with Crippen molar-refractivity contribution in [3.05, 3.63) is 35.9 Å². The molecule has 1 heterocycles. The summed E-state index contributed by atoms with van der Waals surface area (Å²) < 4.78 is 10.2. The van der Waals surface area contributed by atoms with Crippen molar-refractivity contribution in [1.82, 2.24) is 0 Å². The topological polar surface area (TPSA) is 52.6 Å². The molecular weight excluding hydrogens is 220 g/mol. The van der Waals surface area contributed by atoms with Gasteiger partial charge in [0.25, 0.3) is 5.78 Å². The van der Waals surface area contributed by atoms with Crippen LogP contribution in [0, 0.1) is 0 Å². The van der Waals surface area contributed by atoms with Gasteiger partial charge >= 0.3 is 5.97 Å². The van der Waals surface area contributed by atoms with E-state index < -0.39 is 11.8 Å². The summed E-state index contributed by atoms with van der Waals surface area (Å²) in [6.45, 7) is 0. The van der Waals surface area contributed by atoms with Crippen molar-refractivity contribution in [2.45, 2.75) is 0 Å². The van der Waals surface area contributed by atoms with E-state index in [1.54, 1.807) is 31.4 Å². The number of ketones is 1. The molecule has 0 bridgehead atoms. The molecule has 0 fully saturated rings. The molecule has 0 saturated heterocycles. The maximum atomic E-state index is 11.7. The molecular formula is C13H8O4. The zero-order valence-corrected chi connectivity index (χ0v) is 9.02. The Morgan fingerprint density at radius 1 is 1.12 bits per heavy atom. The standard InChI is InChI=1S/C13H8O4/c1-16-9-6-5-8-11-7(9)3-2-4-10(11)17-13(15)12(8)14/h2-6H,1H3. The second-order valence-electron chi connectivity index (χ2n) is 3.71. The molecule has 0 atom stereocenters. The summed E-state index contributed by atoms with van der Waals surface area (Å²) in [4.78, 5) is 23.0. The van der Waals surface area contributed by atoms with Gasteiger partial charge in [0.05, 0.1) is 7.11 Å². The number of methoxy groups -OCH3 is 1. The monoisotopic (exact) mass is 228 g/mol. The van der Waals surface area contributed by atoms with Crippen LogP contribution in [-0.2, 0) is 4.79 Å². The van der Waals surface area contributed by atoms with Crippen molar-refractivity contribution in [2.24, 2.45) is 0 Å². The Kier molecular flexibility index (Phi) is 1.92. The van der Waals surface area contributed by atoms with Crippen molar-refractivity contribution in [2.75, 3.05) is 7.11 Å². The number of ether oxygens (including phenoxy) is 2. The van der Waals surface area contributed by atoms with Crippen molar-refractivity contribution in [3.8, 4) is 11.5 Å². The fraction of sp³-hybridized carbons (Fsp3) is 0.0769. The average Bonchev–Trinajstić information content (AvgIpc) is 2.35.